The molecule has 306 valence electrons. The molecule has 54 heavy (non-hydrogen) atoms. The zero-order valence-electron chi connectivity index (χ0n) is 34.1. The maximum Gasteiger partial charge on any atom is 0.258 e. The Labute approximate surface area is 325 Å². The van der Waals surface area contributed by atoms with Crippen molar-refractivity contribution in [1.82, 2.24) is 10.9 Å². The molecule has 2 aliphatic rings. The van der Waals surface area contributed by atoms with E-state index in [1.807, 2.05) is 71.0 Å². The second-order valence-corrected chi connectivity index (χ2v) is 12.4. The van der Waals surface area contributed by atoms with Crippen LogP contribution in [0.25, 0.3) is 0 Å². The predicted octanol–water partition coefficient (Wildman–Crippen LogP) is 7.40. The van der Waals surface area contributed by atoms with Crippen molar-refractivity contribution in [3.05, 3.63) is 60.7 Å². The number of ether oxygens (including phenoxy) is 3. The van der Waals surface area contributed by atoms with Crippen LogP contribution in [0.2, 0.25) is 0 Å². The highest BCUT2D eigenvalue weighted by Crippen LogP contribution is 2.24. The molecule has 2 fully saturated rings. The number of benzene rings is 2. The molecule has 2 heterocycles. The number of anilines is 2. The average Bonchev–Trinajstić information content (AvgIpc) is 3.65. The van der Waals surface area contributed by atoms with Crippen molar-refractivity contribution < 1.29 is 38.5 Å². The second kappa shape index (κ2) is 33.7. The molecule has 2 atom stereocenters. The highest BCUT2D eigenvalue weighted by molar-refractivity contribution is 6.15. The molecule has 0 saturated carbocycles. The highest BCUT2D eigenvalue weighted by atomic mass is 16.5. The van der Waals surface area contributed by atoms with E-state index in [1.54, 1.807) is 24.3 Å². The molecule has 0 bridgehead atoms. The third-order valence-electron chi connectivity index (χ3n) is 7.97. The van der Waals surface area contributed by atoms with Gasteiger partial charge in [-0.15, -0.1) is 0 Å². The van der Waals surface area contributed by atoms with Crippen LogP contribution in [0.3, 0.4) is 0 Å². The van der Waals surface area contributed by atoms with Crippen molar-refractivity contribution in [2.24, 2.45) is 11.8 Å². The van der Waals surface area contributed by atoms with Crippen LogP contribution in [0, 0.1) is 11.8 Å². The number of aliphatic hydroxyl groups is 1. The van der Waals surface area contributed by atoms with E-state index >= 15 is 0 Å². The Morgan fingerprint density at radius 3 is 1.17 bits per heavy atom. The maximum atomic E-state index is 12.1. The van der Waals surface area contributed by atoms with Gasteiger partial charge in [-0.05, 0) is 70.7 Å². The number of carbonyl (C=O) groups excluding carboxylic acids is 4. The third-order valence-corrected chi connectivity index (χ3v) is 7.97. The molecule has 0 spiro atoms. The van der Waals surface area contributed by atoms with E-state index in [0.29, 0.717) is 37.4 Å². The lowest BCUT2D eigenvalue weighted by atomic mass is 10.0. The van der Waals surface area contributed by atoms with Crippen molar-refractivity contribution in [3.8, 4) is 0 Å². The summed E-state index contributed by atoms with van der Waals surface area (Å²) in [6.45, 7) is 19.2. The van der Waals surface area contributed by atoms with E-state index in [-0.39, 0.29) is 30.2 Å². The normalized spacial score (nSPS) is 15.8. The van der Waals surface area contributed by atoms with E-state index in [1.165, 1.54) is 35.7 Å². The topological polar surface area (TPSA) is 147 Å². The van der Waals surface area contributed by atoms with Gasteiger partial charge in [-0.25, -0.2) is 10.0 Å². The monoisotopic (exact) mass is 759 g/mol. The van der Waals surface area contributed by atoms with Gasteiger partial charge in [-0.2, -0.15) is 0 Å². The number of hydrazine groups is 2. The molecule has 2 aromatic rings. The summed E-state index contributed by atoms with van der Waals surface area (Å²) in [6.07, 6.45) is 9.93. The van der Waals surface area contributed by atoms with E-state index in [9.17, 15) is 19.2 Å². The third kappa shape index (κ3) is 21.2. The molecule has 2 saturated heterocycles. The van der Waals surface area contributed by atoms with Gasteiger partial charge in [-0.1, -0.05) is 103 Å². The molecule has 0 aliphatic carbocycles. The number of hydrogen-bond acceptors (Lipinski definition) is 8. The number of unbranched alkanes of at least 4 members (excludes halogenated alkanes) is 4. The SMILES string of the molecule is CCCCC1C(=O)NN(c2ccccc2)C1=O.CCCCC1C(=O)NN(c2ccccc2)C1=O.CCCCOCCCC.CCOCC.CCOCCO. The van der Waals surface area contributed by atoms with Gasteiger partial charge in [-0.3, -0.25) is 30.0 Å². The largest absolute Gasteiger partial charge is 0.394 e. The minimum absolute atomic E-state index is 0.133. The lowest BCUT2D eigenvalue weighted by Crippen LogP contribution is -2.35. The summed E-state index contributed by atoms with van der Waals surface area (Å²) in [7, 11) is 0. The van der Waals surface area contributed by atoms with Gasteiger partial charge in [0.2, 0.25) is 0 Å². The van der Waals surface area contributed by atoms with Crippen LogP contribution in [-0.4, -0.2) is 75.0 Å². The lowest BCUT2D eigenvalue weighted by molar-refractivity contribution is -0.129. The number of carbonyl (C=O) groups is 4. The first-order valence-corrected chi connectivity index (χ1v) is 19.9. The van der Waals surface area contributed by atoms with Crippen LogP contribution in [0.4, 0.5) is 11.4 Å². The minimum atomic E-state index is -0.518. The van der Waals surface area contributed by atoms with E-state index in [0.717, 1.165) is 52.1 Å². The van der Waals surface area contributed by atoms with Crippen molar-refractivity contribution in [3.63, 3.8) is 0 Å². The first-order valence-electron chi connectivity index (χ1n) is 19.9. The first-order chi connectivity index (χ1) is 26.2. The van der Waals surface area contributed by atoms with Gasteiger partial charge in [0, 0.05) is 33.0 Å². The zero-order valence-corrected chi connectivity index (χ0v) is 34.1. The molecule has 0 aromatic heterocycles. The Kier molecular flexibility index (Phi) is 31.3. The number of amides is 4. The number of nitrogens with one attached hydrogen (secondary N) is 2. The maximum absolute atomic E-state index is 12.1. The van der Waals surface area contributed by atoms with Crippen LogP contribution in [-0.2, 0) is 33.4 Å². The van der Waals surface area contributed by atoms with Crippen molar-refractivity contribution in [2.75, 3.05) is 56.3 Å². The average molecular weight is 759 g/mol. The Hall–Kier alpha value is -3.84. The molecular formula is C42H70N4O8. The molecule has 0 radical (unpaired) electrons. The summed E-state index contributed by atoms with van der Waals surface area (Å²) in [6, 6.07) is 18.3. The Morgan fingerprint density at radius 2 is 0.889 bits per heavy atom. The Bertz CT molecular complexity index is 1140. The molecule has 2 unspecified atom stereocenters. The van der Waals surface area contributed by atoms with E-state index in [2.05, 4.69) is 24.7 Å². The first kappa shape index (κ1) is 50.2. The van der Waals surface area contributed by atoms with Crippen LogP contribution in [0.1, 0.15) is 113 Å². The molecule has 3 N–H and O–H groups in total. The summed E-state index contributed by atoms with van der Waals surface area (Å²) < 4.78 is 14.9. The Morgan fingerprint density at radius 1 is 0.519 bits per heavy atom. The molecule has 4 amide bonds. The quantitative estimate of drug-likeness (QED) is 0.0993. The van der Waals surface area contributed by atoms with Crippen LogP contribution in [0.5, 0.6) is 0 Å². The molecule has 2 aliphatic heterocycles. The molecule has 2 aromatic carbocycles. The van der Waals surface area contributed by atoms with Crippen LogP contribution >= 0.6 is 0 Å². The number of rotatable bonds is 19. The lowest BCUT2D eigenvalue weighted by Gasteiger charge is -2.14. The number of nitrogens with zero attached hydrogens (tertiary/aromatic N) is 2. The molecule has 12 nitrogen and oxygen atoms in total. The van der Waals surface area contributed by atoms with Gasteiger partial charge in [0.05, 0.1) is 24.6 Å². The van der Waals surface area contributed by atoms with Gasteiger partial charge in [0.25, 0.3) is 23.6 Å². The van der Waals surface area contributed by atoms with E-state index < -0.39 is 11.8 Å². The summed E-state index contributed by atoms with van der Waals surface area (Å²) >= 11 is 0. The summed E-state index contributed by atoms with van der Waals surface area (Å²) in [5.41, 5.74) is 6.67. The van der Waals surface area contributed by atoms with Crippen LogP contribution < -0.4 is 20.9 Å². The molecule has 4 rings (SSSR count). The Balaban J connectivity index is 0.000000708. The van der Waals surface area contributed by atoms with Crippen molar-refractivity contribution in [2.45, 2.75) is 113 Å². The van der Waals surface area contributed by atoms with Gasteiger partial charge >= 0.3 is 0 Å². The molecule has 12 heteroatoms. The minimum Gasteiger partial charge on any atom is -0.394 e. The molecular weight excluding hydrogens is 688 g/mol. The number of aliphatic hydroxyl groups excluding tert-OH is 1. The second-order valence-electron chi connectivity index (χ2n) is 12.4. The van der Waals surface area contributed by atoms with E-state index in [4.69, 9.17) is 19.3 Å². The van der Waals surface area contributed by atoms with Gasteiger partial charge < -0.3 is 19.3 Å². The summed E-state index contributed by atoms with van der Waals surface area (Å²) in [5, 5.41) is 10.8. The predicted molar refractivity (Wildman–Crippen MR) is 217 cm³/mol. The fraction of sp³-hybridized carbons (Fsp3) is 0.619. The van der Waals surface area contributed by atoms with Crippen LogP contribution in [0.15, 0.2) is 60.7 Å². The van der Waals surface area contributed by atoms with Gasteiger partial charge in [0.1, 0.15) is 11.8 Å². The fourth-order valence-electron chi connectivity index (χ4n) is 4.89. The summed E-state index contributed by atoms with van der Waals surface area (Å²) in [5.74, 6) is -1.70. The van der Waals surface area contributed by atoms with Crippen molar-refractivity contribution >= 4 is 35.0 Å². The standard InChI is InChI=1S/2C13H16N2O2.C8H18O.C4H10O2.C4H10O/c2*1-2-3-9-11-12(16)14-15(13(11)17)10-7-5-4-6-8-10;1-3-5-7-9-8-6-4-2;1-2-6-4-3-5;1-3-5-4-2/h2*4-8,11H,2-3,9H2,1H3,(H,14,16);3-8H2,1-2H3;5H,2-4H2,1H3;3-4H2,1-2H3. The fourth-order valence-corrected chi connectivity index (χ4v) is 4.89. The smallest absolute Gasteiger partial charge is 0.258 e. The van der Waals surface area contributed by atoms with Crippen molar-refractivity contribution in [1.29, 1.82) is 0 Å². The number of para-hydroxylation sites is 2. The van der Waals surface area contributed by atoms with Gasteiger partial charge in [0.15, 0.2) is 0 Å². The summed E-state index contributed by atoms with van der Waals surface area (Å²) in [4.78, 5) is 47.5. The zero-order chi connectivity index (χ0) is 40.4. The highest BCUT2D eigenvalue weighted by Gasteiger charge is 2.40. The number of hydrogen-bond donors (Lipinski definition) is 3.